The van der Waals surface area contributed by atoms with Crippen LogP contribution >= 0.6 is 0 Å². The number of pyridine rings is 1. The van der Waals surface area contributed by atoms with Gasteiger partial charge in [0.25, 0.3) is 0 Å². The third-order valence-corrected chi connectivity index (χ3v) is 2.46. The second-order valence-corrected chi connectivity index (χ2v) is 3.79. The van der Waals surface area contributed by atoms with Gasteiger partial charge >= 0.3 is 0 Å². The quantitative estimate of drug-likeness (QED) is 0.872. The number of nitrogens with zero attached hydrogens (tertiary/aromatic N) is 2. The van der Waals surface area contributed by atoms with Crippen LogP contribution in [-0.4, -0.2) is 15.2 Å². The van der Waals surface area contributed by atoms with Crippen molar-refractivity contribution < 1.29 is 14.4 Å². The molecule has 0 bridgehead atoms. The molecule has 0 fully saturated rings. The van der Waals surface area contributed by atoms with Crippen molar-refractivity contribution in [2.24, 2.45) is 0 Å². The van der Waals surface area contributed by atoms with Crippen molar-refractivity contribution in [3.8, 4) is 5.88 Å². The first kappa shape index (κ1) is 11.6. The van der Waals surface area contributed by atoms with E-state index in [1.165, 1.54) is 0 Å². The highest BCUT2D eigenvalue weighted by atomic mass is 16.5. The van der Waals surface area contributed by atoms with E-state index in [-0.39, 0.29) is 6.61 Å². The van der Waals surface area contributed by atoms with Crippen LogP contribution in [0.25, 0.3) is 0 Å². The average molecular weight is 234 g/mol. The molecule has 0 aliphatic heterocycles. The van der Waals surface area contributed by atoms with Gasteiger partial charge in [-0.2, -0.15) is 0 Å². The molecule has 17 heavy (non-hydrogen) atoms. The first-order chi connectivity index (χ1) is 8.20. The van der Waals surface area contributed by atoms with Crippen LogP contribution in [0.5, 0.6) is 5.88 Å². The minimum Gasteiger partial charge on any atom is -0.473 e. The summed E-state index contributed by atoms with van der Waals surface area (Å²) in [6.45, 7) is 3.89. The van der Waals surface area contributed by atoms with E-state index in [4.69, 9.17) is 14.4 Å². The summed E-state index contributed by atoms with van der Waals surface area (Å²) >= 11 is 0. The molecule has 0 aliphatic rings. The number of aliphatic hydroxyl groups is 1. The molecule has 2 rings (SSSR count). The first-order valence-electron chi connectivity index (χ1n) is 5.31. The van der Waals surface area contributed by atoms with E-state index in [0.29, 0.717) is 18.2 Å². The molecule has 0 radical (unpaired) electrons. The third kappa shape index (κ3) is 2.62. The molecule has 0 saturated heterocycles. The van der Waals surface area contributed by atoms with Crippen molar-refractivity contribution in [1.29, 1.82) is 0 Å². The van der Waals surface area contributed by atoms with Crippen molar-refractivity contribution in [3.63, 3.8) is 0 Å². The maximum absolute atomic E-state index is 9.06. The largest absolute Gasteiger partial charge is 0.473 e. The summed E-state index contributed by atoms with van der Waals surface area (Å²) in [5.74, 6) is 0.981. The number of ether oxygens (including phenoxy) is 1. The van der Waals surface area contributed by atoms with Gasteiger partial charge in [0.05, 0.1) is 11.3 Å². The first-order valence-corrected chi connectivity index (χ1v) is 5.31. The Kier molecular flexibility index (Phi) is 3.39. The minimum absolute atomic E-state index is 0.180. The number of aryl methyl sites for hydroxylation is 2. The smallest absolute Gasteiger partial charge is 0.213 e. The Bertz CT molecular complexity index is 491. The third-order valence-electron chi connectivity index (χ3n) is 2.46. The Morgan fingerprint density at radius 1 is 1.35 bits per heavy atom. The molecule has 0 atom stereocenters. The molecule has 5 heteroatoms. The zero-order chi connectivity index (χ0) is 12.3. The predicted octanol–water partition coefficient (Wildman–Crippen LogP) is 1.76. The van der Waals surface area contributed by atoms with Crippen LogP contribution in [0, 0.1) is 13.8 Å². The lowest BCUT2D eigenvalue weighted by molar-refractivity contribution is 0.221. The molecule has 0 aliphatic carbocycles. The normalized spacial score (nSPS) is 10.5. The molecule has 0 spiro atoms. The zero-order valence-corrected chi connectivity index (χ0v) is 9.80. The van der Waals surface area contributed by atoms with E-state index < -0.39 is 0 Å². The molecule has 2 aromatic rings. The molecular weight excluding hydrogens is 220 g/mol. The molecule has 0 saturated carbocycles. The SMILES string of the molecule is Cc1ccc(OCc2c(C)noc2CO)nc1. The highest BCUT2D eigenvalue weighted by Gasteiger charge is 2.12. The van der Waals surface area contributed by atoms with Crippen molar-refractivity contribution >= 4 is 0 Å². The maximum atomic E-state index is 9.06. The number of aromatic nitrogens is 2. The summed E-state index contributed by atoms with van der Waals surface area (Å²) in [6.07, 6.45) is 1.74. The van der Waals surface area contributed by atoms with Crippen LogP contribution < -0.4 is 4.74 Å². The van der Waals surface area contributed by atoms with Gasteiger partial charge in [0.2, 0.25) is 5.88 Å². The zero-order valence-electron chi connectivity index (χ0n) is 9.80. The van der Waals surface area contributed by atoms with Gasteiger partial charge in [0.1, 0.15) is 13.2 Å². The molecule has 2 heterocycles. The van der Waals surface area contributed by atoms with E-state index in [9.17, 15) is 0 Å². The number of aliphatic hydroxyl groups excluding tert-OH is 1. The molecule has 0 unspecified atom stereocenters. The lowest BCUT2D eigenvalue weighted by Gasteiger charge is -2.05. The van der Waals surface area contributed by atoms with E-state index in [0.717, 1.165) is 16.8 Å². The van der Waals surface area contributed by atoms with Gasteiger partial charge in [0, 0.05) is 12.3 Å². The monoisotopic (exact) mass is 234 g/mol. The highest BCUT2D eigenvalue weighted by Crippen LogP contribution is 2.16. The topological polar surface area (TPSA) is 68.4 Å². The lowest BCUT2D eigenvalue weighted by Crippen LogP contribution is -2.00. The highest BCUT2D eigenvalue weighted by molar-refractivity contribution is 5.22. The van der Waals surface area contributed by atoms with Gasteiger partial charge in [-0.3, -0.25) is 0 Å². The fourth-order valence-corrected chi connectivity index (χ4v) is 1.43. The summed E-state index contributed by atoms with van der Waals surface area (Å²) in [4.78, 5) is 4.13. The molecule has 1 N–H and O–H groups in total. The Labute approximate surface area is 99.0 Å². The van der Waals surface area contributed by atoms with Gasteiger partial charge in [-0.25, -0.2) is 4.98 Å². The van der Waals surface area contributed by atoms with Crippen LogP contribution in [-0.2, 0) is 13.2 Å². The lowest BCUT2D eigenvalue weighted by atomic mass is 10.2. The summed E-state index contributed by atoms with van der Waals surface area (Å²) in [7, 11) is 0. The van der Waals surface area contributed by atoms with E-state index >= 15 is 0 Å². The molecule has 0 amide bonds. The van der Waals surface area contributed by atoms with Crippen LogP contribution in [0.4, 0.5) is 0 Å². The number of hydrogen-bond acceptors (Lipinski definition) is 5. The fraction of sp³-hybridized carbons (Fsp3) is 0.333. The van der Waals surface area contributed by atoms with E-state index in [2.05, 4.69) is 10.1 Å². The predicted molar refractivity (Wildman–Crippen MR) is 60.5 cm³/mol. The molecule has 90 valence electrons. The standard InChI is InChI=1S/C12H14N2O3/c1-8-3-4-12(13-5-8)16-7-10-9(2)14-17-11(10)6-15/h3-5,15H,6-7H2,1-2H3. The van der Waals surface area contributed by atoms with Crippen LogP contribution in [0.1, 0.15) is 22.6 Å². The van der Waals surface area contributed by atoms with Crippen LogP contribution in [0.3, 0.4) is 0 Å². The van der Waals surface area contributed by atoms with E-state index in [1.54, 1.807) is 12.3 Å². The Balaban J connectivity index is 2.06. The minimum atomic E-state index is -0.180. The summed E-state index contributed by atoms with van der Waals surface area (Å²) in [5, 5.41) is 12.8. The summed E-state index contributed by atoms with van der Waals surface area (Å²) in [5.41, 5.74) is 2.57. The van der Waals surface area contributed by atoms with Gasteiger partial charge in [-0.1, -0.05) is 11.2 Å². The summed E-state index contributed by atoms with van der Waals surface area (Å²) < 4.78 is 10.5. The maximum Gasteiger partial charge on any atom is 0.213 e. The Morgan fingerprint density at radius 3 is 2.82 bits per heavy atom. The number of rotatable bonds is 4. The van der Waals surface area contributed by atoms with Gasteiger partial charge in [0.15, 0.2) is 5.76 Å². The van der Waals surface area contributed by atoms with Gasteiger partial charge in [-0.05, 0) is 19.4 Å². The molecular formula is C12H14N2O3. The van der Waals surface area contributed by atoms with Gasteiger partial charge < -0.3 is 14.4 Å². The fourth-order valence-electron chi connectivity index (χ4n) is 1.43. The van der Waals surface area contributed by atoms with Crippen LogP contribution in [0.2, 0.25) is 0 Å². The Morgan fingerprint density at radius 2 is 2.18 bits per heavy atom. The van der Waals surface area contributed by atoms with Crippen molar-refractivity contribution in [2.45, 2.75) is 27.1 Å². The second kappa shape index (κ2) is 4.97. The van der Waals surface area contributed by atoms with Crippen LogP contribution in [0.15, 0.2) is 22.9 Å². The number of hydrogen-bond donors (Lipinski definition) is 1. The van der Waals surface area contributed by atoms with Crippen molar-refractivity contribution in [1.82, 2.24) is 10.1 Å². The van der Waals surface area contributed by atoms with Crippen molar-refractivity contribution in [2.75, 3.05) is 0 Å². The van der Waals surface area contributed by atoms with Crippen molar-refractivity contribution in [3.05, 3.63) is 40.9 Å². The molecule has 2 aromatic heterocycles. The van der Waals surface area contributed by atoms with Gasteiger partial charge in [-0.15, -0.1) is 0 Å². The molecule has 0 aromatic carbocycles. The summed E-state index contributed by atoms with van der Waals surface area (Å²) in [6, 6.07) is 3.73. The average Bonchev–Trinajstić information content (AvgIpc) is 2.69. The Hall–Kier alpha value is -1.88. The molecule has 5 nitrogen and oxygen atoms in total. The second-order valence-electron chi connectivity index (χ2n) is 3.79. The van der Waals surface area contributed by atoms with E-state index in [1.807, 2.05) is 19.9 Å².